The molecule has 1 N–H and O–H groups in total. The number of piperidine rings is 1. The predicted molar refractivity (Wildman–Crippen MR) is 101 cm³/mol. The Morgan fingerprint density at radius 2 is 2.00 bits per heavy atom. The molecule has 0 spiro atoms. The first-order valence-electron chi connectivity index (χ1n) is 9.34. The summed E-state index contributed by atoms with van der Waals surface area (Å²) in [5.74, 6) is 0.675. The van der Waals surface area contributed by atoms with Crippen molar-refractivity contribution in [2.45, 2.75) is 58.6 Å². The number of rotatable bonds is 8. The summed E-state index contributed by atoms with van der Waals surface area (Å²) in [6.07, 6.45) is 3.91. The average Bonchev–Trinajstić information content (AvgIpc) is 2.58. The fourth-order valence-electron chi connectivity index (χ4n) is 3.11. The normalized spacial score (nSPS) is 18.8. The summed E-state index contributed by atoms with van der Waals surface area (Å²) in [6.45, 7) is 11.0. The van der Waals surface area contributed by atoms with Crippen molar-refractivity contribution in [1.29, 1.82) is 0 Å². The first-order valence-corrected chi connectivity index (χ1v) is 9.34. The van der Waals surface area contributed by atoms with Gasteiger partial charge in [0.05, 0.1) is 0 Å². The highest BCUT2D eigenvalue weighted by atomic mass is 16.5. The van der Waals surface area contributed by atoms with Crippen LogP contribution in [-0.2, 0) is 9.53 Å². The monoisotopic (exact) mass is 348 g/mol. The maximum atomic E-state index is 12.2. The van der Waals surface area contributed by atoms with Crippen molar-refractivity contribution in [3.63, 3.8) is 0 Å². The van der Waals surface area contributed by atoms with Gasteiger partial charge in [0, 0.05) is 24.9 Å². The second-order valence-corrected chi connectivity index (χ2v) is 7.15. The summed E-state index contributed by atoms with van der Waals surface area (Å²) < 4.78 is 11.3. The van der Waals surface area contributed by atoms with Crippen molar-refractivity contribution in [2.75, 3.05) is 31.6 Å². The highest BCUT2D eigenvalue weighted by Crippen LogP contribution is 2.19. The molecule has 1 amide bonds. The van der Waals surface area contributed by atoms with Gasteiger partial charge >= 0.3 is 0 Å². The number of carbonyl (C=O) groups is 1. The van der Waals surface area contributed by atoms with Crippen molar-refractivity contribution in [3.8, 4) is 5.75 Å². The zero-order chi connectivity index (χ0) is 18.3. The van der Waals surface area contributed by atoms with Gasteiger partial charge in [0.25, 0.3) is 5.91 Å². The van der Waals surface area contributed by atoms with E-state index in [1.807, 2.05) is 31.2 Å². The molecule has 25 heavy (non-hydrogen) atoms. The number of nitrogens with one attached hydrogen (secondary N) is 1. The van der Waals surface area contributed by atoms with Gasteiger partial charge in [-0.3, -0.25) is 9.69 Å². The number of anilines is 1. The molecule has 1 heterocycles. The Balaban J connectivity index is 1.78. The third-order valence-corrected chi connectivity index (χ3v) is 4.75. The molecule has 0 aromatic heterocycles. The zero-order valence-corrected chi connectivity index (χ0v) is 16.0. The van der Waals surface area contributed by atoms with E-state index < -0.39 is 5.60 Å². The Morgan fingerprint density at radius 1 is 1.28 bits per heavy atom. The van der Waals surface area contributed by atoms with Crippen LogP contribution >= 0.6 is 0 Å². The number of likely N-dealkylation sites (tertiary alicyclic amines) is 1. The second-order valence-electron chi connectivity index (χ2n) is 7.15. The van der Waals surface area contributed by atoms with Crippen LogP contribution in [0.4, 0.5) is 5.69 Å². The molecule has 5 nitrogen and oxygen atoms in total. The Morgan fingerprint density at radius 3 is 2.64 bits per heavy atom. The molecule has 1 atom stereocenters. The van der Waals surface area contributed by atoms with Crippen LogP contribution in [0.3, 0.4) is 0 Å². The molecule has 1 aromatic carbocycles. The van der Waals surface area contributed by atoms with Crippen LogP contribution in [-0.4, -0.2) is 48.8 Å². The number of ether oxygens (including phenoxy) is 2. The van der Waals surface area contributed by atoms with Gasteiger partial charge in [0.1, 0.15) is 18.0 Å². The Labute approximate surface area is 151 Å². The topological polar surface area (TPSA) is 50.8 Å². The highest BCUT2D eigenvalue weighted by molar-refractivity contribution is 5.96. The summed E-state index contributed by atoms with van der Waals surface area (Å²) in [5, 5.41) is 2.88. The molecule has 2 rings (SSSR count). The van der Waals surface area contributed by atoms with Gasteiger partial charge in [0.2, 0.25) is 0 Å². The van der Waals surface area contributed by atoms with E-state index in [0.717, 1.165) is 18.0 Å². The number of carbonyl (C=O) groups excluding carboxylic acids is 1. The van der Waals surface area contributed by atoms with E-state index in [0.29, 0.717) is 19.3 Å². The van der Waals surface area contributed by atoms with Crippen LogP contribution in [0.5, 0.6) is 5.75 Å². The minimum absolute atomic E-state index is 0.151. The summed E-state index contributed by atoms with van der Waals surface area (Å²) in [4.78, 5) is 14.7. The van der Waals surface area contributed by atoms with E-state index in [9.17, 15) is 4.79 Å². The van der Waals surface area contributed by atoms with Gasteiger partial charge in [-0.2, -0.15) is 0 Å². The van der Waals surface area contributed by atoms with Crippen molar-refractivity contribution < 1.29 is 14.3 Å². The average molecular weight is 348 g/mol. The number of benzene rings is 1. The maximum Gasteiger partial charge on any atom is 0.256 e. The molecule has 140 valence electrons. The van der Waals surface area contributed by atoms with E-state index in [4.69, 9.17) is 9.47 Å². The minimum atomic E-state index is -0.838. The first-order chi connectivity index (χ1) is 11.9. The summed E-state index contributed by atoms with van der Waals surface area (Å²) in [5.41, 5.74) is -0.0931. The van der Waals surface area contributed by atoms with E-state index >= 15 is 0 Å². The SMILES string of the molecule is CCOC(C)(C)C(=O)Nc1ccc(OCCN2CCCC[C@@H]2C)cc1. The van der Waals surface area contributed by atoms with E-state index in [1.54, 1.807) is 13.8 Å². The van der Waals surface area contributed by atoms with Crippen LogP contribution in [0.25, 0.3) is 0 Å². The van der Waals surface area contributed by atoms with Gasteiger partial charge in [-0.15, -0.1) is 0 Å². The quantitative estimate of drug-likeness (QED) is 0.778. The van der Waals surface area contributed by atoms with Crippen LogP contribution < -0.4 is 10.1 Å². The van der Waals surface area contributed by atoms with Crippen molar-refractivity contribution in [1.82, 2.24) is 4.90 Å². The lowest BCUT2D eigenvalue weighted by molar-refractivity contribution is -0.136. The Kier molecular flexibility index (Phi) is 7.26. The molecule has 0 aliphatic carbocycles. The fourth-order valence-corrected chi connectivity index (χ4v) is 3.11. The van der Waals surface area contributed by atoms with Gasteiger partial charge < -0.3 is 14.8 Å². The summed E-state index contributed by atoms with van der Waals surface area (Å²) in [6, 6.07) is 8.16. The number of amides is 1. The third-order valence-electron chi connectivity index (χ3n) is 4.75. The molecule has 1 aliphatic rings. The lowest BCUT2D eigenvalue weighted by Gasteiger charge is -2.33. The molecular weight excluding hydrogens is 316 g/mol. The molecule has 0 saturated carbocycles. The number of hydrogen-bond donors (Lipinski definition) is 1. The second kappa shape index (κ2) is 9.20. The van der Waals surface area contributed by atoms with Crippen LogP contribution in [0, 0.1) is 0 Å². The van der Waals surface area contributed by atoms with Gasteiger partial charge in [-0.05, 0) is 71.3 Å². The van der Waals surface area contributed by atoms with Crippen LogP contribution in [0.1, 0.15) is 47.0 Å². The highest BCUT2D eigenvalue weighted by Gasteiger charge is 2.27. The van der Waals surface area contributed by atoms with Crippen LogP contribution in [0.15, 0.2) is 24.3 Å². The Hall–Kier alpha value is -1.59. The molecule has 1 aliphatic heterocycles. The van der Waals surface area contributed by atoms with Gasteiger partial charge in [0.15, 0.2) is 0 Å². The Bertz CT molecular complexity index is 542. The number of nitrogens with zero attached hydrogens (tertiary/aromatic N) is 1. The smallest absolute Gasteiger partial charge is 0.256 e. The molecular formula is C20H32N2O3. The standard InChI is InChI=1S/C20H32N2O3/c1-5-25-20(3,4)19(23)21-17-9-11-18(12-10-17)24-15-14-22-13-7-6-8-16(22)2/h9-12,16H,5-8,13-15H2,1-4H3,(H,21,23)/t16-/m0/s1. The van der Waals surface area contributed by atoms with Crippen LogP contribution in [0.2, 0.25) is 0 Å². The zero-order valence-electron chi connectivity index (χ0n) is 16.0. The molecule has 1 fully saturated rings. The molecule has 0 bridgehead atoms. The fraction of sp³-hybridized carbons (Fsp3) is 0.650. The van der Waals surface area contributed by atoms with E-state index in [-0.39, 0.29) is 5.91 Å². The lowest BCUT2D eigenvalue weighted by Crippen LogP contribution is -2.40. The maximum absolute atomic E-state index is 12.2. The molecule has 5 heteroatoms. The largest absolute Gasteiger partial charge is 0.492 e. The minimum Gasteiger partial charge on any atom is -0.492 e. The molecule has 1 saturated heterocycles. The molecule has 0 radical (unpaired) electrons. The van der Waals surface area contributed by atoms with Crippen molar-refractivity contribution in [2.24, 2.45) is 0 Å². The molecule has 0 unspecified atom stereocenters. The summed E-state index contributed by atoms with van der Waals surface area (Å²) >= 11 is 0. The molecule has 1 aromatic rings. The van der Waals surface area contributed by atoms with Gasteiger partial charge in [-0.1, -0.05) is 6.42 Å². The van der Waals surface area contributed by atoms with Gasteiger partial charge in [-0.25, -0.2) is 0 Å². The predicted octanol–water partition coefficient (Wildman–Crippen LogP) is 3.69. The van der Waals surface area contributed by atoms with Crippen molar-refractivity contribution in [3.05, 3.63) is 24.3 Å². The first kappa shape index (κ1) is 19.7. The number of hydrogen-bond acceptors (Lipinski definition) is 4. The van der Waals surface area contributed by atoms with Crippen molar-refractivity contribution >= 4 is 11.6 Å². The lowest BCUT2D eigenvalue weighted by atomic mass is 10.0. The summed E-state index contributed by atoms with van der Waals surface area (Å²) in [7, 11) is 0. The van der Waals surface area contributed by atoms with E-state index in [2.05, 4.69) is 17.1 Å². The van der Waals surface area contributed by atoms with E-state index in [1.165, 1.54) is 25.8 Å². The third kappa shape index (κ3) is 6.01.